The van der Waals surface area contributed by atoms with Gasteiger partial charge in [-0.1, -0.05) is 0 Å². The van der Waals surface area contributed by atoms with Crippen LogP contribution in [-0.4, -0.2) is 13.4 Å². The minimum atomic E-state index is -0.383. The number of carbonyl (C=O) groups is 1. The summed E-state index contributed by atoms with van der Waals surface area (Å²) in [4.78, 5) is 10.1. The van der Waals surface area contributed by atoms with Crippen LogP contribution in [0.4, 0.5) is 4.39 Å². The maximum absolute atomic E-state index is 12.7. The van der Waals surface area contributed by atoms with E-state index < -0.39 is 0 Å². The highest BCUT2D eigenvalue weighted by atomic mass is 19.1. The summed E-state index contributed by atoms with van der Waals surface area (Å²) in [5.74, 6) is 0.0538. The average molecular weight is 168 g/mol. The maximum Gasteiger partial charge on any atom is 0.127 e. The summed E-state index contributed by atoms with van der Waals surface area (Å²) in [6, 6.07) is 4.22. The molecule has 0 saturated heterocycles. The summed E-state index contributed by atoms with van der Waals surface area (Å²) in [6.07, 6.45) is 0.947. The van der Waals surface area contributed by atoms with Crippen LogP contribution in [0.5, 0.6) is 5.75 Å². The highest BCUT2D eigenvalue weighted by Gasteiger charge is 1.99. The first kappa shape index (κ1) is 8.71. The second-order valence-electron chi connectivity index (χ2n) is 2.37. The van der Waals surface area contributed by atoms with Crippen molar-refractivity contribution in [2.75, 3.05) is 7.11 Å². The minimum Gasteiger partial charge on any atom is -0.497 e. The summed E-state index contributed by atoms with van der Waals surface area (Å²) in [5, 5.41) is 0. The van der Waals surface area contributed by atoms with Crippen LogP contribution in [0, 0.1) is 5.82 Å². The van der Waals surface area contributed by atoms with E-state index in [9.17, 15) is 9.18 Å². The van der Waals surface area contributed by atoms with Gasteiger partial charge in [0, 0.05) is 12.5 Å². The van der Waals surface area contributed by atoms with Crippen LogP contribution in [0.15, 0.2) is 18.2 Å². The molecule has 0 atom stereocenters. The summed E-state index contributed by atoms with van der Waals surface area (Å²) in [6.45, 7) is 0. The number of hydrogen-bond donors (Lipinski definition) is 0. The van der Waals surface area contributed by atoms with Crippen LogP contribution in [0.1, 0.15) is 5.56 Å². The molecule has 0 amide bonds. The lowest BCUT2D eigenvalue weighted by Gasteiger charge is -2.01. The molecule has 0 heterocycles. The lowest BCUT2D eigenvalue weighted by Crippen LogP contribution is -1.90. The van der Waals surface area contributed by atoms with Crippen LogP contribution in [0.2, 0.25) is 0 Å². The summed E-state index contributed by atoms with van der Waals surface area (Å²) < 4.78 is 17.6. The Morgan fingerprint density at radius 1 is 1.50 bits per heavy atom. The summed E-state index contributed by atoms with van der Waals surface area (Å²) in [5.41, 5.74) is 0.627. The molecule has 1 rings (SSSR count). The molecule has 0 unspecified atom stereocenters. The standard InChI is InChI=1S/C9H9FO2/c1-12-9-5-7(2-3-11)4-8(10)6-9/h3-6H,2H2,1H3. The normalized spacial score (nSPS) is 9.50. The van der Waals surface area contributed by atoms with Crippen molar-refractivity contribution in [2.45, 2.75) is 6.42 Å². The van der Waals surface area contributed by atoms with Gasteiger partial charge in [0.1, 0.15) is 17.9 Å². The van der Waals surface area contributed by atoms with Gasteiger partial charge in [-0.2, -0.15) is 0 Å². The highest BCUT2D eigenvalue weighted by molar-refractivity contribution is 5.55. The molecule has 0 aliphatic heterocycles. The zero-order chi connectivity index (χ0) is 8.97. The number of carbonyl (C=O) groups excluding carboxylic acids is 1. The van der Waals surface area contributed by atoms with Gasteiger partial charge < -0.3 is 9.53 Å². The molecule has 1 aromatic rings. The molecule has 0 spiro atoms. The van der Waals surface area contributed by atoms with E-state index in [-0.39, 0.29) is 12.2 Å². The Bertz CT molecular complexity index is 284. The molecule has 0 fully saturated rings. The number of ether oxygens (including phenoxy) is 1. The number of benzene rings is 1. The van der Waals surface area contributed by atoms with E-state index in [1.54, 1.807) is 6.07 Å². The first-order valence-electron chi connectivity index (χ1n) is 3.53. The van der Waals surface area contributed by atoms with Crippen molar-refractivity contribution in [1.29, 1.82) is 0 Å². The molecule has 0 bridgehead atoms. The van der Waals surface area contributed by atoms with E-state index in [0.717, 1.165) is 6.29 Å². The van der Waals surface area contributed by atoms with E-state index in [1.165, 1.54) is 19.2 Å². The number of aldehydes is 1. The third-order valence-corrected chi connectivity index (χ3v) is 1.49. The van der Waals surface area contributed by atoms with Crippen LogP contribution >= 0.6 is 0 Å². The van der Waals surface area contributed by atoms with Crippen LogP contribution < -0.4 is 4.74 Å². The van der Waals surface area contributed by atoms with Crippen molar-refractivity contribution in [3.8, 4) is 5.75 Å². The fourth-order valence-electron chi connectivity index (χ4n) is 0.953. The van der Waals surface area contributed by atoms with Gasteiger partial charge in [0.25, 0.3) is 0 Å². The van der Waals surface area contributed by atoms with Gasteiger partial charge in [0.2, 0.25) is 0 Å². The number of methoxy groups -OCH3 is 1. The van der Waals surface area contributed by atoms with Crippen molar-refractivity contribution < 1.29 is 13.9 Å². The van der Waals surface area contributed by atoms with Gasteiger partial charge in [-0.05, 0) is 17.7 Å². The van der Waals surface area contributed by atoms with E-state index in [0.29, 0.717) is 11.3 Å². The zero-order valence-corrected chi connectivity index (χ0v) is 6.71. The molecule has 3 heteroatoms. The van der Waals surface area contributed by atoms with Gasteiger partial charge in [0.15, 0.2) is 0 Å². The monoisotopic (exact) mass is 168 g/mol. The van der Waals surface area contributed by atoms with Crippen LogP contribution in [0.3, 0.4) is 0 Å². The van der Waals surface area contributed by atoms with Gasteiger partial charge in [-0.25, -0.2) is 4.39 Å². The fourth-order valence-corrected chi connectivity index (χ4v) is 0.953. The Morgan fingerprint density at radius 3 is 2.83 bits per heavy atom. The van der Waals surface area contributed by atoms with Crippen LogP contribution in [0.25, 0.3) is 0 Å². The van der Waals surface area contributed by atoms with Crippen molar-refractivity contribution in [3.63, 3.8) is 0 Å². The lowest BCUT2D eigenvalue weighted by molar-refractivity contribution is -0.107. The maximum atomic E-state index is 12.7. The van der Waals surface area contributed by atoms with Crippen molar-refractivity contribution in [3.05, 3.63) is 29.6 Å². The van der Waals surface area contributed by atoms with E-state index in [4.69, 9.17) is 4.74 Å². The lowest BCUT2D eigenvalue weighted by atomic mass is 10.1. The molecule has 0 saturated carbocycles. The molecule has 0 aromatic heterocycles. The van der Waals surface area contributed by atoms with E-state index >= 15 is 0 Å². The first-order chi connectivity index (χ1) is 5.76. The molecule has 0 aliphatic carbocycles. The quantitative estimate of drug-likeness (QED) is 0.640. The summed E-state index contributed by atoms with van der Waals surface area (Å²) >= 11 is 0. The molecule has 1 aromatic carbocycles. The van der Waals surface area contributed by atoms with Gasteiger partial charge in [0.05, 0.1) is 7.11 Å². The van der Waals surface area contributed by atoms with Gasteiger partial charge >= 0.3 is 0 Å². The Morgan fingerprint density at radius 2 is 2.25 bits per heavy atom. The van der Waals surface area contributed by atoms with Gasteiger partial charge in [-0.15, -0.1) is 0 Å². The second-order valence-corrected chi connectivity index (χ2v) is 2.37. The van der Waals surface area contributed by atoms with Gasteiger partial charge in [-0.3, -0.25) is 0 Å². The molecule has 2 nitrogen and oxygen atoms in total. The molecule has 0 aliphatic rings. The average Bonchev–Trinajstić information content (AvgIpc) is 2.04. The Balaban J connectivity index is 2.97. The predicted octanol–water partition coefficient (Wildman–Crippen LogP) is 1.58. The Kier molecular flexibility index (Phi) is 2.80. The van der Waals surface area contributed by atoms with Crippen LogP contribution in [-0.2, 0) is 11.2 Å². The highest BCUT2D eigenvalue weighted by Crippen LogP contribution is 2.15. The molecule has 64 valence electrons. The molecular formula is C9H9FO2. The topological polar surface area (TPSA) is 26.3 Å². The third-order valence-electron chi connectivity index (χ3n) is 1.49. The predicted molar refractivity (Wildman–Crippen MR) is 42.7 cm³/mol. The SMILES string of the molecule is COc1cc(F)cc(CC=O)c1. The van der Waals surface area contributed by atoms with Crippen molar-refractivity contribution in [2.24, 2.45) is 0 Å². The number of halogens is 1. The Hall–Kier alpha value is -1.38. The number of hydrogen-bond acceptors (Lipinski definition) is 2. The number of rotatable bonds is 3. The minimum absolute atomic E-state index is 0.216. The summed E-state index contributed by atoms with van der Waals surface area (Å²) in [7, 11) is 1.46. The zero-order valence-electron chi connectivity index (χ0n) is 6.71. The molecule has 0 radical (unpaired) electrons. The van der Waals surface area contributed by atoms with E-state index in [2.05, 4.69) is 0 Å². The fraction of sp³-hybridized carbons (Fsp3) is 0.222. The van der Waals surface area contributed by atoms with Crippen molar-refractivity contribution in [1.82, 2.24) is 0 Å². The second kappa shape index (κ2) is 3.85. The largest absolute Gasteiger partial charge is 0.497 e. The Labute approximate surface area is 70.0 Å². The molecule has 0 N–H and O–H groups in total. The first-order valence-corrected chi connectivity index (χ1v) is 3.53. The van der Waals surface area contributed by atoms with Crippen molar-refractivity contribution >= 4 is 6.29 Å². The van der Waals surface area contributed by atoms with E-state index in [1.807, 2.05) is 0 Å². The molecule has 12 heavy (non-hydrogen) atoms. The molecular weight excluding hydrogens is 159 g/mol. The smallest absolute Gasteiger partial charge is 0.127 e. The third kappa shape index (κ3) is 2.05.